The van der Waals surface area contributed by atoms with Gasteiger partial charge in [0, 0.05) is 31.9 Å². The number of rotatable bonds is 4. The number of ether oxygens (including phenoxy) is 1. The zero-order chi connectivity index (χ0) is 17.7. The van der Waals surface area contributed by atoms with Crippen LogP contribution in [0.4, 0.5) is 4.79 Å². The van der Waals surface area contributed by atoms with Gasteiger partial charge in [-0.1, -0.05) is 6.07 Å². The predicted molar refractivity (Wildman–Crippen MR) is 88.4 cm³/mol. The Balaban J connectivity index is 1.95. The Labute approximate surface area is 142 Å². The maximum atomic E-state index is 12.1. The number of nitrogens with one attached hydrogen (secondary N) is 1. The second-order valence-corrected chi connectivity index (χ2v) is 6.97. The molecule has 1 aromatic heterocycles. The molecule has 2 rings (SSSR count). The Morgan fingerprint density at radius 1 is 1.42 bits per heavy atom. The number of carbonyl (C=O) groups excluding carboxylic acids is 1. The van der Waals surface area contributed by atoms with Crippen molar-refractivity contribution in [2.45, 2.75) is 45.4 Å². The van der Waals surface area contributed by atoms with Crippen molar-refractivity contribution in [3.63, 3.8) is 0 Å². The van der Waals surface area contributed by atoms with Gasteiger partial charge in [-0.3, -0.25) is 9.78 Å². The van der Waals surface area contributed by atoms with Gasteiger partial charge in [-0.05, 0) is 39.3 Å². The number of hydrogen-bond donors (Lipinski definition) is 2. The topological polar surface area (TPSA) is 91.8 Å². The van der Waals surface area contributed by atoms with Crippen LogP contribution in [-0.2, 0) is 16.1 Å². The third kappa shape index (κ3) is 5.19. The van der Waals surface area contributed by atoms with E-state index >= 15 is 0 Å². The molecule has 1 aromatic rings. The van der Waals surface area contributed by atoms with Crippen LogP contribution in [0.1, 0.15) is 32.9 Å². The first-order valence-electron chi connectivity index (χ1n) is 8.10. The molecule has 0 bridgehead atoms. The van der Waals surface area contributed by atoms with Crippen molar-refractivity contribution in [1.82, 2.24) is 15.2 Å². The van der Waals surface area contributed by atoms with Gasteiger partial charge in [0.05, 0.1) is 11.6 Å². The van der Waals surface area contributed by atoms with E-state index in [2.05, 4.69) is 10.3 Å². The minimum atomic E-state index is -0.915. The highest BCUT2D eigenvalue weighted by atomic mass is 16.6. The first-order chi connectivity index (χ1) is 11.3. The van der Waals surface area contributed by atoms with Crippen LogP contribution >= 0.6 is 0 Å². The van der Waals surface area contributed by atoms with Crippen LogP contribution < -0.4 is 5.32 Å². The van der Waals surface area contributed by atoms with Gasteiger partial charge in [0.25, 0.3) is 0 Å². The fourth-order valence-electron chi connectivity index (χ4n) is 2.68. The number of hydrogen-bond acceptors (Lipinski definition) is 5. The molecule has 0 aliphatic carbocycles. The summed E-state index contributed by atoms with van der Waals surface area (Å²) >= 11 is 0. The Bertz CT molecular complexity index is 571. The Morgan fingerprint density at radius 3 is 2.75 bits per heavy atom. The molecule has 0 unspecified atom stereocenters. The first-order valence-corrected chi connectivity index (χ1v) is 8.10. The van der Waals surface area contributed by atoms with Gasteiger partial charge in [-0.15, -0.1) is 0 Å². The van der Waals surface area contributed by atoms with E-state index in [1.807, 2.05) is 18.2 Å². The molecule has 1 amide bonds. The van der Waals surface area contributed by atoms with E-state index < -0.39 is 23.6 Å². The molecule has 1 aliphatic rings. The van der Waals surface area contributed by atoms with Crippen LogP contribution in [0.25, 0.3) is 0 Å². The molecule has 132 valence electrons. The number of piperidine rings is 1. The summed E-state index contributed by atoms with van der Waals surface area (Å²) in [6, 6.07) is 5.41. The number of aromatic nitrogens is 1. The maximum absolute atomic E-state index is 12.1. The molecule has 1 fully saturated rings. The zero-order valence-electron chi connectivity index (χ0n) is 14.4. The van der Waals surface area contributed by atoms with Crippen molar-refractivity contribution < 1.29 is 19.4 Å². The van der Waals surface area contributed by atoms with Crippen molar-refractivity contribution in [1.29, 1.82) is 0 Å². The van der Waals surface area contributed by atoms with E-state index in [0.717, 1.165) is 5.69 Å². The molecule has 2 atom stereocenters. The van der Waals surface area contributed by atoms with Crippen molar-refractivity contribution in [3.8, 4) is 0 Å². The van der Waals surface area contributed by atoms with E-state index in [4.69, 9.17) is 4.74 Å². The average molecular weight is 335 g/mol. The minimum Gasteiger partial charge on any atom is -0.481 e. The molecule has 1 aliphatic heterocycles. The quantitative estimate of drug-likeness (QED) is 0.873. The largest absolute Gasteiger partial charge is 0.481 e. The number of amides is 1. The Morgan fingerprint density at radius 2 is 2.17 bits per heavy atom. The molecule has 24 heavy (non-hydrogen) atoms. The molecule has 0 aromatic carbocycles. The lowest BCUT2D eigenvalue weighted by Crippen LogP contribution is -2.54. The maximum Gasteiger partial charge on any atom is 0.410 e. The first kappa shape index (κ1) is 18.2. The summed E-state index contributed by atoms with van der Waals surface area (Å²) in [4.78, 5) is 29.4. The Kier molecular flexibility index (Phi) is 5.77. The predicted octanol–water partition coefficient (Wildman–Crippen LogP) is 1.88. The SMILES string of the molecule is CC(C)(C)OC(=O)N1CC[C@@H](NCc2ccccn2)[C@@H](C(=O)O)C1. The lowest BCUT2D eigenvalue weighted by Gasteiger charge is -2.37. The number of carboxylic acid groups (broad SMARTS) is 1. The summed E-state index contributed by atoms with van der Waals surface area (Å²) < 4.78 is 5.33. The van der Waals surface area contributed by atoms with Gasteiger partial charge < -0.3 is 20.1 Å². The van der Waals surface area contributed by atoms with E-state index in [1.54, 1.807) is 27.0 Å². The minimum absolute atomic E-state index is 0.143. The number of carbonyl (C=O) groups is 2. The van der Waals surface area contributed by atoms with Crippen LogP contribution in [0.3, 0.4) is 0 Å². The number of pyridine rings is 1. The number of carboxylic acids is 1. The van der Waals surface area contributed by atoms with Crippen molar-refractivity contribution in [2.24, 2.45) is 5.92 Å². The van der Waals surface area contributed by atoms with Crippen LogP contribution in [0.2, 0.25) is 0 Å². The van der Waals surface area contributed by atoms with E-state index in [1.165, 1.54) is 4.90 Å². The summed E-state index contributed by atoms with van der Waals surface area (Å²) in [7, 11) is 0. The van der Waals surface area contributed by atoms with Gasteiger partial charge in [0.15, 0.2) is 0 Å². The molecule has 1 saturated heterocycles. The third-order valence-electron chi connectivity index (χ3n) is 3.85. The second kappa shape index (κ2) is 7.61. The van der Waals surface area contributed by atoms with Crippen LogP contribution in [0.15, 0.2) is 24.4 Å². The number of aliphatic carboxylic acids is 1. The zero-order valence-corrected chi connectivity index (χ0v) is 14.4. The summed E-state index contributed by atoms with van der Waals surface area (Å²) in [6.45, 7) is 6.49. The van der Waals surface area contributed by atoms with E-state index in [0.29, 0.717) is 19.5 Å². The lowest BCUT2D eigenvalue weighted by atomic mass is 9.92. The number of nitrogens with zero attached hydrogens (tertiary/aromatic N) is 2. The van der Waals surface area contributed by atoms with E-state index in [-0.39, 0.29) is 12.6 Å². The van der Waals surface area contributed by atoms with Gasteiger partial charge in [-0.25, -0.2) is 4.79 Å². The molecule has 0 spiro atoms. The van der Waals surface area contributed by atoms with Gasteiger partial charge >= 0.3 is 12.1 Å². The molecule has 7 heteroatoms. The monoisotopic (exact) mass is 335 g/mol. The smallest absolute Gasteiger partial charge is 0.410 e. The van der Waals surface area contributed by atoms with Gasteiger partial charge in [0.1, 0.15) is 5.60 Å². The van der Waals surface area contributed by atoms with Gasteiger partial charge in [-0.2, -0.15) is 0 Å². The summed E-state index contributed by atoms with van der Waals surface area (Å²) in [6.07, 6.45) is 1.80. The fourth-order valence-corrected chi connectivity index (χ4v) is 2.68. The van der Waals surface area contributed by atoms with E-state index in [9.17, 15) is 14.7 Å². The normalized spacial score (nSPS) is 21.4. The molecule has 2 N–H and O–H groups in total. The summed E-state index contributed by atoms with van der Waals surface area (Å²) in [5.41, 5.74) is 0.264. The second-order valence-electron chi connectivity index (χ2n) is 6.97. The Hall–Kier alpha value is -2.15. The van der Waals surface area contributed by atoms with Crippen LogP contribution in [-0.4, -0.2) is 51.8 Å². The number of likely N-dealkylation sites (tertiary alicyclic amines) is 1. The molecule has 0 saturated carbocycles. The van der Waals surface area contributed by atoms with Crippen LogP contribution in [0, 0.1) is 5.92 Å². The standard InChI is InChI=1S/C17H25N3O4/c1-17(2,3)24-16(23)20-9-7-14(13(11-20)15(21)22)19-10-12-6-4-5-8-18-12/h4-6,8,13-14,19H,7,9-11H2,1-3H3,(H,21,22)/t13-,14+/m0/s1. The molecule has 0 radical (unpaired) electrons. The highest BCUT2D eigenvalue weighted by Crippen LogP contribution is 2.20. The third-order valence-corrected chi connectivity index (χ3v) is 3.85. The molecule has 2 heterocycles. The fraction of sp³-hybridized carbons (Fsp3) is 0.588. The molecular weight excluding hydrogens is 310 g/mol. The van der Waals surface area contributed by atoms with Crippen molar-refractivity contribution in [2.75, 3.05) is 13.1 Å². The molecular formula is C17H25N3O4. The summed E-state index contributed by atoms with van der Waals surface area (Å²) in [5.74, 6) is -1.59. The molecule has 7 nitrogen and oxygen atoms in total. The average Bonchev–Trinajstić information content (AvgIpc) is 2.52. The highest BCUT2D eigenvalue weighted by Gasteiger charge is 2.37. The lowest BCUT2D eigenvalue weighted by molar-refractivity contribution is -0.144. The highest BCUT2D eigenvalue weighted by molar-refractivity contribution is 5.74. The van der Waals surface area contributed by atoms with Crippen molar-refractivity contribution >= 4 is 12.1 Å². The summed E-state index contributed by atoms with van der Waals surface area (Å²) in [5, 5.41) is 12.8. The van der Waals surface area contributed by atoms with Gasteiger partial charge in [0.2, 0.25) is 0 Å². The van der Waals surface area contributed by atoms with Crippen LogP contribution in [0.5, 0.6) is 0 Å². The van der Waals surface area contributed by atoms with Crippen molar-refractivity contribution in [3.05, 3.63) is 30.1 Å².